The number of aliphatic imine (C=N–C) groups is 1. The molecule has 6 heteroatoms. The standard InChI is InChI=1S/C15H24N4O.HI/c1-3-16-14(20)12-19-15(17-4-2)18-11-10-13-8-6-5-7-9-13;/h5-9H,3-4,10-12H2,1-2H3,(H,16,20)(H2,17,18,19);1H. The number of likely N-dealkylation sites (N-methyl/N-ethyl adjacent to an activating group) is 1. The Labute approximate surface area is 144 Å². The van der Waals surface area contributed by atoms with Gasteiger partial charge in [0.1, 0.15) is 6.54 Å². The highest BCUT2D eigenvalue weighted by atomic mass is 127. The van der Waals surface area contributed by atoms with Gasteiger partial charge in [-0.25, -0.2) is 4.99 Å². The second-order valence-electron chi connectivity index (χ2n) is 4.31. The Morgan fingerprint density at radius 1 is 1.05 bits per heavy atom. The summed E-state index contributed by atoms with van der Waals surface area (Å²) in [5.41, 5.74) is 1.28. The molecule has 0 aromatic heterocycles. The molecule has 21 heavy (non-hydrogen) atoms. The van der Waals surface area contributed by atoms with Crippen LogP contribution in [0.15, 0.2) is 35.3 Å². The van der Waals surface area contributed by atoms with Crippen molar-refractivity contribution in [3.8, 4) is 0 Å². The van der Waals surface area contributed by atoms with E-state index in [2.05, 4.69) is 33.1 Å². The lowest BCUT2D eigenvalue weighted by Crippen LogP contribution is -2.39. The molecule has 0 aliphatic rings. The third kappa shape index (κ3) is 9.28. The molecule has 0 saturated carbocycles. The molecule has 0 spiro atoms. The van der Waals surface area contributed by atoms with Crippen molar-refractivity contribution in [1.82, 2.24) is 16.0 Å². The molecular formula is C15H25IN4O. The maximum Gasteiger partial charge on any atom is 0.241 e. The molecule has 0 fully saturated rings. The molecule has 0 atom stereocenters. The highest BCUT2D eigenvalue weighted by molar-refractivity contribution is 14.0. The maximum atomic E-state index is 11.4. The minimum Gasteiger partial charge on any atom is -0.357 e. The Hall–Kier alpha value is -1.31. The Morgan fingerprint density at radius 3 is 2.33 bits per heavy atom. The first kappa shape index (κ1) is 19.7. The molecule has 0 bridgehead atoms. The van der Waals surface area contributed by atoms with Crippen LogP contribution in [0.4, 0.5) is 0 Å². The number of hydrogen-bond donors (Lipinski definition) is 3. The normalized spacial score (nSPS) is 10.5. The third-order valence-electron chi connectivity index (χ3n) is 2.65. The Morgan fingerprint density at radius 2 is 1.71 bits per heavy atom. The molecule has 1 aromatic carbocycles. The number of guanidine groups is 1. The SMILES string of the molecule is CCNC(=O)CN=C(NCC)NCCc1ccccc1.I. The smallest absolute Gasteiger partial charge is 0.241 e. The van der Waals surface area contributed by atoms with E-state index >= 15 is 0 Å². The summed E-state index contributed by atoms with van der Waals surface area (Å²) in [4.78, 5) is 15.6. The second-order valence-corrected chi connectivity index (χ2v) is 4.31. The van der Waals surface area contributed by atoms with Gasteiger partial charge in [-0.1, -0.05) is 30.3 Å². The molecule has 1 amide bonds. The number of rotatable bonds is 7. The Kier molecular flexibility index (Phi) is 11.7. The first-order valence-corrected chi connectivity index (χ1v) is 7.09. The summed E-state index contributed by atoms with van der Waals surface area (Å²) in [6, 6.07) is 10.3. The van der Waals surface area contributed by atoms with Crippen molar-refractivity contribution in [2.45, 2.75) is 20.3 Å². The van der Waals surface area contributed by atoms with Crippen LogP contribution in [0.5, 0.6) is 0 Å². The van der Waals surface area contributed by atoms with Crippen molar-refractivity contribution >= 4 is 35.8 Å². The number of amides is 1. The number of benzene rings is 1. The van der Waals surface area contributed by atoms with Crippen molar-refractivity contribution in [2.24, 2.45) is 4.99 Å². The third-order valence-corrected chi connectivity index (χ3v) is 2.65. The summed E-state index contributed by atoms with van der Waals surface area (Å²) in [5.74, 6) is 0.613. The van der Waals surface area contributed by atoms with Crippen LogP contribution in [0, 0.1) is 0 Å². The van der Waals surface area contributed by atoms with E-state index in [1.54, 1.807) is 0 Å². The van der Waals surface area contributed by atoms with Crippen LogP contribution in [0.2, 0.25) is 0 Å². The summed E-state index contributed by atoms with van der Waals surface area (Å²) < 4.78 is 0. The first-order valence-electron chi connectivity index (χ1n) is 7.09. The zero-order valence-electron chi connectivity index (χ0n) is 12.7. The summed E-state index contributed by atoms with van der Waals surface area (Å²) in [7, 11) is 0. The van der Waals surface area contributed by atoms with Gasteiger partial charge in [0.2, 0.25) is 5.91 Å². The zero-order chi connectivity index (χ0) is 14.6. The fourth-order valence-corrected chi connectivity index (χ4v) is 1.72. The van der Waals surface area contributed by atoms with Gasteiger partial charge in [0, 0.05) is 19.6 Å². The number of nitrogens with one attached hydrogen (secondary N) is 3. The molecule has 1 aromatic rings. The van der Waals surface area contributed by atoms with Crippen LogP contribution >= 0.6 is 24.0 Å². The lowest BCUT2D eigenvalue weighted by Gasteiger charge is -2.11. The quantitative estimate of drug-likeness (QED) is 0.367. The second kappa shape index (κ2) is 12.4. The van der Waals surface area contributed by atoms with Gasteiger partial charge in [-0.05, 0) is 25.8 Å². The van der Waals surface area contributed by atoms with Crippen molar-refractivity contribution < 1.29 is 4.79 Å². The van der Waals surface area contributed by atoms with E-state index in [1.807, 2.05) is 32.0 Å². The number of carbonyl (C=O) groups excluding carboxylic acids is 1. The van der Waals surface area contributed by atoms with Crippen molar-refractivity contribution in [2.75, 3.05) is 26.2 Å². The number of hydrogen-bond acceptors (Lipinski definition) is 2. The summed E-state index contributed by atoms with van der Waals surface area (Å²) >= 11 is 0. The molecule has 5 nitrogen and oxygen atoms in total. The summed E-state index contributed by atoms with van der Waals surface area (Å²) in [5, 5.41) is 9.07. The predicted molar refractivity (Wildman–Crippen MR) is 98.2 cm³/mol. The maximum absolute atomic E-state index is 11.4. The minimum absolute atomic E-state index is 0. The van der Waals surface area contributed by atoms with Crippen LogP contribution in [-0.2, 0) is 11.2 Å². The molecule has 118 valence electrons. The number of carbonyl (C=O) groups is 1. The van der Waals surface area contributed by atoms with Crippen molar-refractivity contribution in [3.05, 3.63) is 35.9 Å². The monoisotopic (exact) mass is 404 g/mol. The van der Waals surface area contributed by atoms with E-state index in [9.17, 15) is 4.79 Å². The van der Waals surface area contributed by atoms with E-state index in [0.29, 0.717) is 12.5 Å². The highest BCUT2D eigenvalue weighted by Crippen LogP contribution is 1.97. The zero-order valence-corrected chi connectivity index (χ0v) is 15.0. The predicted octanol–water partition coefficient (Wildman–Crippen LogP) is 1.54. The summed E-state index contributed by atoms with van der Waals surface area (Å²) in [6.07, 6.45) is 0.923. The first-order chi connectivity index (χ1) is 9.76. The molecule has 1 rings (SSSR count). The van der Waals surface area contributed by atoms with E-state index in [4.69, 9.17) is 0 Å². The molecule has 0 aliphatic heterocycles. The molecule has 0 radical (unpaired) electrons. The van der Waals surface area contributed by atoms with Crippen LogP contribution in [0.1, 0.15) is 19.4 Å². The van der Waals surface area contributed by atoms with Gasteiger partial charge in [-0.2, -0.15) is 0 Å². The molecule has 3 N–H and O–H groups in total. The topological polar surface area (TPSA) is 65.5 Å². The lowest BCUT2D eigenvalue weighted by molar-refractivity contribution is -0.119. The number of nitrogens with zero attached hydrogens (tertiary/aromatic N) is 1. The van der Waals surface area contributed by atoms with Gasteiger partial charge in [-0.3, -0.25) is 4.79 Å². The number of halogens is 1. The molecule has 0 saturated heterocycles. The van der Waals surface area contributed by atoms with Gasteiger partial charge >= 0.3 is 0 Å². The van der Waals surface area contributed by atoms with E-state index in [0.717, 1.165) is 19.5 Å². The Bertz CT molecular complexity index is 423. The fraction of sp³-hybridized carbons (Fsp3) is 0.467. The van der Waals surface area contributed by atoms with Gasteiger partial charge in [-0.15, -0.1) is 24.0 Å². The fourth-order valence-electron chi connectivity index (χ4n) is 1.72. The van der Waals surface area contributed by atoms with Gasteiger partial charge in [0.25, 0.3) is 0 Å². The minimum atomic E-state index is -0.0623. The van der Waals surface area contributed by atoms with E-state index in [1.165, 1.54) is 5.56 Å². The van der Waals surface area contributed by atoms with E-state index in [-0.39, 0.29) is 36.4 Å². The molecule has 0 unspecified atom stereocenters. The van der Waals surface area contributed by atoms with Crippen LogP contribution < -0.4 is 16.0 Å². The molecular weight excluding hydrogens is 379 g/mol. The van der Waals surface area contributed by atoms with Crippen LogP contribution in [0.3, 0.4) is 0 Å². The van der Waals surface area contributed by atoms with Crippen LogP contribution in [-0.4, -0.2) is 38.0 Å². The highest BCUT2D eigenvalue weighted by Gasteiger charge is 2.00. The average molecular weight is 404 g/mol. The average Bonchev–Trinajstić information content (AvgIpc) is 2.46. The van der Waals surface area contributed by atoms with Gasteiger partial charge in [0.15, 0.2) is 5.96 Å². The van der Waals surface area contributed by atoms with Gasteiger partial charge in [0.05, 0.1) is 0 Å². The molecule has 0 aliphatic carbocycles. The van der Waals surface area contributed by atoms with Crippen molar-refractivity contribution in [3.63, 3.8) is 0 Å². The van der Waals surface area contributed by atoms with Crippen molar-refractivity contribution in [1.29, 1.82) is 0 Å². The molecule has 0 heterocycles. The van der Waals surface area contributed by atoms with Crippen LogP contribution in [0.25, 0.3) is 0 Å². The summed E-state index contributed by atoms with van der Waals surface area (Å²) in [6.45, 7) is 6.23. The Balaban J connectivity index is 0.00000400. The largest absolute Gasteiger partial charge is 0.357 e. The van der Waals surface area contributed by atoms with Gasteiger partial charge < -0.3 is 16.0 Å². The van der Waals surface area contributed by atoms with E-state index < -0.39 is 0 Å². The lowest BCUT2D eigenvalue weighted by atomic mass is 10.1.